The predicted molar refractivity (Wildman–Crippen MR) is 103 cm³/mol. The quantitative estimate of drug-likeness (QED) is 0.673. The summed E-state index contributed by atoms with van der Waals surface area (Å²) < 4.78 is 26.3. The van der Waals surface area contributed by atoms with Crippen LogP contribution in [0.1, 0.15) is 29.8 Å². The Balaban J connectivity index is 1.51. The summed E-state index contributed by atoms with van der Waals surface area (Å²) in [7, 11) is 1.63. The van der Waals surface area contributed by atoms with Crippen LogP contribution in [0.2, 0.25) is 0 Å². The van der Waals surface area contributed by atoms with Crippen LogP contribution in [0.25, 0.3) is 5.65 Å². The minimum absolute atomic E-state index is 0.0714. The lowest BCUT2D eigenvalue weighted by atomic mass is 10.1. The molecule has 148 valence electrons. The van der Waals surface area contributed by atoms with Crippen LogP contribution in [0, 0.1) is 19.7 Å². The zero-order chi connectivity index (χ0) is 19.7. The van der Waals surface area contributed by atoms with Crippen molar-refractivity contribution in [2.45, 2.75) is 39.4 Å². The normalized spacial score (nSPS) is 15.4. The zero-order valence-corrected chi connectivity index (χ0v) is 16.4. The molecule has 0 amide bonds. The fourth-order valence-corrected chi connectivity index (χ4v) is 3.59. The number of methoxy groups -OCH3 is 1. The van der Waals surface area contributed by atoms with Crippen LogP contribution < -0.4 is 9.64 Å². The number of hydrogen-bond donors (Lipinski definition) is 0. The molecule has 0 radical (unpaired) electrons. The molecule has 3 aromatic rings. The highest BCUT2D eigenvalue weighted by Crippen LogP contribution is 2.27. The molecule has 0 N–H and O–H groups in total. The van der Waals surface area contributed by atoms with Crippen molar-refractivity contribution < 1.29 is 13.9 Å². The van der Waals surface area contributed by atoms with Crippen molar-refractivity contribution in [3.8, 4) is 5.75 Å². The molecule has 3 heterocycles. The van der Waals surface area contributed by atoms with Gasteiger partial charge in [0.15, 0.2) is 17.3 Å². The Morgan fingerprint density at radius 2 is 1.93 bits per heavy atom. The molecule has 1 saturated heterocycles. The van der Waals surface area contributed by atoms with Gasteiger partial charge in [0, 0.05) is 50.2 Å². The Morgan fingerprint density at radius 1 is 1.14 bits per heavy atom. The summed E-state index contributed by atoms with van der Waals surface area (Å²) >= 11 is 0. The van der Waals surface area contributed by atoms with Gasteiger partial charge in [-0.25, -0.2) is 4.39 Å². The highest BCUT2D eigenvalue weighted by atomic mass is 19.1. The van der Waals surface area contributed by atoms with Gasteiger partial charge in [0.05, 0.1) is 0 Å². The second-order valence-electron chi connectivity index (χ2n) is 7.12. The molecular weight excluding hydrogens is 361 g/mol. The molecule has 8 heteroatoms. The molecule has 28 heavy (non-hydrogen) atoms. The Hall–Kier alpha value is -2.74. The van der Waals surface area contributed by atoms with E-state index < -0.39 is 0 Å². The Morgan fingerprint density at radius 3 is 2.64 bits per heavy atom. The third-order valence-corrected chi connectivity index (χ3v) is 5.25. The summed E-state index contributed by atoms with van der Waals surface area (Å²) in [5, 5.41) is 13.3. The molecule has 7 nitrogen and oxygen atoms in total. The second-order valence-corrected chi connectivity index (χ2v) is 7.12. The Bertz CT molecular complexity index is 982. The van der Waals surface area contributed by atoms with Crippen molar-refractivity contribution in [2.24, 2.45) is 0 Å². The predicted octanol–water partition coefficient (Wildman–Crippen LogP) is 3.07. The topological polar surface area (TPSA) is 64.8 Å². The summed E-state index contributed by atoms with van der Waals surface area (Å²) in [6.45, 7) is 6.11. The van der Waals surface area contributed by atoms with Gasteiger partial charge < -0.3 is 14.4 Å². The number of ether oxygens (including phenoxy) is 2. The number of rotatable bonds is 5. The number of piperidine rings is 1. The second kappa shape index (κ2) is 7.71. The molecule has 1 fully saturated rings. The molecule has 2 aromatic heterocycles. The molecule has 0 aliphatic carbocycles. The van der Waals surface area contributed by atoms with Crippen LogP contribution in [0.15, 0.2) is 24.3 Å². The van der Waals surface area contributed by atoms with Gasteiger partial charge in [-0.3, -0.25) is 0 Å². The van der Waals surface area contributed by atoms with E-state index >= 15 is 0 Å². The molecule has 0 unspecified atom stereocenters. The van der Waals surface area contributed by atoms with Gasteiger partial charge in [-0.05, 0) is 26.0 Å². The summed E-state index contributed by atoms with van der Waals surface area (Å²) in [5.74, 6) is 1.93. The molecular formula is C20H24FN5O2. The number of anilines is 1. The molecule has 1 aliphatic heterocycles. The standard InChI is InChI=1S/C20H24FN5O2/c1-13-14(2)20(24-26-18(12-27-3)22-23-19(13)26)25-9-7-16(8-10-25)28-17-6-4-5-15(21)11-17/h4-6,11,16H,7-10,12H2,1-3H3. The summed E-state index contributed by atoms with van der Waals surface area (Å²) in [5.41, 5.74) is 2.93. The zero-order valence-electron chi connectivity index (χ0n) is 16.4. The lowest BCUT2D eigenvalue weighted by Crippen LogP contribution is -2.39. The van der Waals surface area contributed by atoms with E-state index in [9.17, 15) is 4.39 Å². The highest BCUT2D eigenvalue weighted by molar-refractivity contribution is 5.59. The van der Waals surface area contributed by atoms with Crippen molar-refractivity contribution in [3.05, 3.63) is 47.0 Å². The van der Waals surface area contributed by atoms with Crippen LogP contribution in [-0.2, 0) is 11.3 Å². The van der Waals surface area contributed by atoms with Crippen molar-refractivity contribution in [3.63, 3.8) is 0 Å². The van der Waals surface area contributed by atoms with E-state index in [1.165, 1.54) is 12.1 Å². The first-order chi connectivity index (χ1) is 13.6. The molecule has 0 bridgehead atoms. The van der Waals surface area contributed by atoms with Crippen LogP contribution in [0.3, 0.4) is 0 Å². The lowest BCUT2D eigenvalue weighted by molar-refractivity contribution is 0.170. The van der Waals surface area contributed by atoms with Crippen LogP contribution in [-0.4, -0.2) is 46.1 Å². The highest BCUT2D eigenvalue weighted by Gasteiger charge is 2.25. The first kappa shape index (κ1) is 18.6. The fourth-order valence-electron chi connectivity index (χ4n) is 3.59. The van der Waals surface area contributed by atoms with E-state index in [-0.39, 0.29) is 11.9 Å². The van der Waals surface area contributed by atoms with Crippen LogP contribution in [0.5, 0.6) is 5.75 Å². The maximum Gasteiger partial charge on any atom is 0.181 e. The largest absolute Gasteiger partial charge is 0.490 e. The molecule has 0 spiro atoms. The SMILES string of the molecule is COCc1nnc2c(C)c(C)c(N3CCC(Oc4cccc(F)c4)CC3)nn12. The molecule has 0 saturated carbocycles. The average molecular weight is 385 g/mol. The Kier molecular flexibility index (Phi) is 5.13. The number of halogens is 1. The maximum atomic E-state index is 13.4. The molecule has 1 aromatic carbocycles. The van der Waals surface area contributed by atoms with E-state index in [0.29, 0.717) is 18.2 Å². The van der Waals surface area contributed by atoms with E-state index in [1.807, 2.05) is 6.92 Å². The molecule has 1 aliphatic rings. The van der Waals surface area contributed by atoms with Gasteiger partial charge in [0.2, 0.25) is 0 Å². The molecule has 0 atom stereocenters. The van der Waals surface area contributed by atoms with E-state index in [2.05, 4.69) is 22.0 Å². The van der Waals surface area contributed by atoms with Gasteiger partial charge >= 0.3 is 0 Å². The van der Waals surface area contributed by atoms with Crippen molar-refractivity contribution >= 4 is 11.5 Å². The minimum atomic E-state index is -0.278. The summed E-state index contributed by atoms with van der Waals surface area (Å²) in [6.07, 6.45) is 1.77. The van der Waals surface area contributed by atoms with Gasteiger partial charge in [-0.1, -0.05) is 6.07 Å². The van der Waals surface area contributed by atoms with Gasteiger partial charge in [0.1, 0.15) is 24.3 Å². The molecule has 4 rings (SSSR count). The number of nitrogens with zero attached hydrogens (tertiary/aromatic N) is 5. The first-order valence-corrected chi connectivity index (χ1v) is 9.44. The van der Waals surface area contributed by atoms with Crippen molar-refractivity contribution in [1.29, 1.82) is 0 Å². The average Bonchev–Trinajstić information content (AvgIpc) is 3.09. The number of aryl methyl sites for hydroxylation is 1. The minimum Gasteiger partial charge on any atom is -0.490 e. The van der Waals surface area contributed by atoms with Crippen LogP contribution in [0.4, 0.5) is 10.2 Å². The maximum absolute atomic E-state index is 13.4. The van der Waals surface area contributed by atoms with Gasteiger partial charge in [-0.15, -0.1) is 15.3 Å². The van der Waals surface area contributed by atoms with Gasteiger partial charge in [-0.2, -0.15) is 4.52 Å². The van der Waals surface area contributed by atoms with Gasteiger partial charge in [0.25, 0.3) is 0 Å². The lowest BCUT2D eigenvalue weighted by Gasteiger charge is -2.33. The third-order valence-electron chi connectivity index (χ3n) is 5.25. The van der Waals surface area contributed by atoms with E-state index in [0.717, 1.165) is 48.5 Å². The number of aromatic nitrogens is 4. The summed E-state index contributed by atoms with van der Waals surface area (Å²) in [6, 6.07) is 6.31. The Labute approximate surface area is 163 Å². The smallest absolute Gasteiger partial charge is 0.181 e. The van der Waals surface area contributed by atoms with Crippen LogP contribution >= 0.6 is 0 Å². The van der Waals surface area contributed by atoms with E-state index in [4.69, 9.17) is 14.6 Å². The first-order valence-electron chi connectivity index (χ1n) is 9.44. The monoisotopic (exact) mass is 385 g/mol. The number of fused-ring (bicyclic) bond motifs is 1. The van der Waals surface area contributed by atoms with Crippen molar-refractivity contribution in [1.82, 2.24) is 19.8 Å². The van der Waals surface area contributed by atoms with E-state index in [1.54, 1.807) is 23.8 Å². The fraction of sp³-hybridized carbons (Fsp3) is 0.450. The van der Waals surface area contributed by atoms with Crippen molar-refractivity contribution in [2.75, 3.05) is 25.1 Å². The number of hydrogen-bond acceptors (Lipinski definition) is 6. The number of benzene rings is 1. The summed E-state index contributed by atoms with van der Waals surface area (Å²) in [4.78, 5) is 2.27. The third kappa shape index (κ3) is 3.52.